The van der Waals surface area contributed by atoms with E-state index in [9.17, 15) is 9.59 Å². The van der Waals surface area contributed by atoms with Crippen LogP contribution in [0.1, 0.15) is 38.3 Å². The number of hydrogen-bond donors (Lipinski definition) is 2. The average molecular weight is 319 g/mol. The maximum absolute atomic E-state index is 12.1. The molecule has 0 bridgehead atoms. The van der Waals surface area contributed by atoms with E-state index in [1.54, 1.807) is 11.8 Å². The van der Waals surface area contributed by atoms with Gasteiger partial charge in [0.05, 0.1) is 12.6 Å². The number of amides is 3. The highest BCUT2D eigenvalue weighted by atomic mass is 16.6. The van der Waals surface area contributed by atoms with Crippen LogP contribution in [0.4, 0.5) is 9.59 Å². The Kier molecular flexibility index (Phi) is 6.26. The third-order valence-corrected chi connectivity index (χ3v) is 4.00. The van der Waals surface area contributed by atoms with E-state index in [-0.39, 0.29) is 24.2 Å². The highest BCUT2D eigenvalue weighted by Gasteiger charge is 2.24. The molecule has 1 atom stereocenters. The molecule has 0 unspecified atom stereocenters. The number of carbonyl (C=O) groups excluding carboxylic acids is 2. The third-order valence-electron chi connectivity index (χ3n) is 4.00. The van der Waals surface area contributed by atoms with Crippen molar-refractivity contribution in [2.45, 2.75) is 38.8 Å². The molecule has 1 fully saturated rings. The first-order chi connectivity index (χ1) is 11.1. The van der Waals surface area contributed by atoms with Crippen LogP contribution in [0.25, 0.3) is 0 Å². The van der Waals surface area contributed by atoms with Gasteiger partial charge in [0.15, 0.2) is 0 Å². The SMILES string of the molecule is CCOC(=O)N1CCC(NC(=O)N[C@@H](C)c2ccccc2)CC1. The van der Waals surface area contributed by atoms with Crippen molar-refractivity contribution in [3.63, 3.8) is 0 Å². The van der Waals surface area contributed by atoms with Gasteiger partial charge in [-0.3, -0.25) is 0 Å². The van der Waals surface area contributed by atoms with Crippen LogP contribution < -0.4 is 10.6 Å². The predicted molar refractivity (Wildman–Crippen MR) is 88.1 cm³/mol. The summed E-state index contributed by atoms with van der Waals surface area (Å²) in [5.74, 6) is 0. The van der Waals surface area contributed by atoms with E-state index < -0.39 is 0 Å². The lowest BCUT2D eigenvalue weighted by Crippen LogP contribution is -2.49. The maximum atomic E-state index is 12.1. The second kappa shape index (κ2) is 8.41. The van der Waals surface area contributed by atoms with Crippen LogP contribution in [-0.2, 0) is 4.74 Å². The number of piperidine rings is 1. The normalized spacial score (nSPS) is 16.5. The topological polar surface area (TPSA) is 70.7 Å². The first kappa shape index (κ1) is 17.1. The van der Waals surface area contributed by atoms with Gasteiger partial charge in [-0.15, -0.1) is 0 Å². The Morgan fingerprint density at radius 1 is 1.26 bits per heavy atom. The van der Waals surface area contributed by atoms with Crippen LogP contribution in [0.5, 0.6) is 0 Å². The lowest BCUT2D eigenvalue weighted by Gasteiger charge is -2.31. The number of benzene rings is 1. The molecule has 2 rings (SSSR count). The van der Waals surface area contributed by atoms with E-state index in [0.29, 0.717) is 19.7 Å². The zero-order valence-corrected chi connectivity index (χ0v) is 13.7. The van der Waals surface area contributed by atoms with Crippen molar-refractivity contribution in [3.05, 3.63) is 35.9 Å². The van der Waals surface area contributed by atoms with Crippen molar-refractivity contribution in [3.8, 4) is 0 Å². The van der Waals surface area contributed by atoms with Crippen LogP contribution in [0.15, 0.2) is 30.3 Å². The quantitative estimate of drug-likeness (QED) is 0.896. The summed E-state index contributed by atoms with van der Waals surface area (Å²) in [5.41, 5.74) is 1.07. The smallest absolute Gasteiger partial charge is 0.409 e. The van der Waals surface area contributed by atoms with Gasteiger partial charge in [0.25, 0.3) is 0 Å². The molecule has 1 heterocycles. The van der Waals surface area contributed by atoms with E-state index in [0.717, 1.165) is 18.4 Å². The molecule has 6 nitrogen and oxygen atoms in total. The lowest BCUT2D eigenvalue weighted by atomic mass is 10.1. The molecular weight excluding hydrogens is 294 g/mol. The van der Waals surface area contributed by atoms with Crippen LogP contribution >= 0.6 is 0 Å². The third kappa shape index (κ3) is 5.16. The van der Waals surface area contributed by atoms with Crippen molar-refractivity contribution in [2.75, 3.05) is 19.7 Å². The highest BCUT2D eigenvalue weighted by Crippen LogP contribution is 2.13. The Balaban J connectivity index is 1.73. The molecule has 1 saturated heterocycles. The van der Waals surface area contributed by atoms with Gasteiger partial charge in [-0.25, -0.2) is 9.59 Å². The van der Waals surface area contributed by atoms with Gasteiger partial charge in [-0.1, -0.05) is 30.3 Å². The van der Waals surface area contributed by atoms with Crippen LogP contribution in [0.2, 0.25) is 0 Å². The number of carbonyl (C=O) groups is 2. The summed E-state index contributed by atoms with van der Waals surface area (Å²) in [6.45, 7) is 5.36. The summed E-state index contributed by atoms with van der Waals surface area (Å²) < 4.78 is 4.99. The number of rotatable bonds is 4. The summed E-state index contributed by atoms with van der Waals surface area (Å²) in [6.07, 6.45) is 1.21. The Morgan fingerprint density at radius 3 is 2.52 bits per heavy atom. The van der Waals surface area contributed by atoms with E-state index >= 15 is 0 Å². The Bertz CT molecular complexity index is 513. The van der Waals surface area contributed by atoms with Gasteiger partial charge in [0.1, 0.15) is 0 Å². The molecule has 0 saturated carbocycles. The molecule has 126 valence electrons. The molecular formula is C17H25N3O3. The zero-order chi connectivity index (χ0) is 16.7. The van der Waals surface area contributed by atoms with Crippen LogP contribution in [0, 0.1) is 0 Å². The molecule has 6 heteroatoms. The summed E-state index contributed by atoms with van der Waals surface area (Å²) in [4.78, 5) is 25.4. The minimum Gasteiger partial charge on any atom is -0.450 e. The first-order valence-corrected chi connectivity index (χ1v) is 8.13. The molecule has 1 aliphatic rings. The van der Waals surface area contributed by atoms with E-state index in [2.05, 4.69) is 10.6 Å². The van der Waals surface area contributed by atoms with Gasteiger partial charge >= 0.3 is 12.1 Å². The number of likely N-dealkylation sites (tertiary alicyclic amines) is 1. The predicted octanol–water partition coefficient (Wildman–Crippen LogP) is 2.67. The van der Waals surface area contributed by atoms with E-state index in [1.165, 1.54) is 0 Å². The van der Waals surface area contributed by atoms with Gasteiger partial charge in [0, 0.05) is 19.1 Å². The van der Waals surface area contributed by atoms with Gasteiger partial charge in [-0.2, -0.15) is 0 Å². The lowest BCUT2D eigenvalue weighted by molar-refractivity contribution is 0.0957. The molecule has 3 amide bonds. The summed E-state index contributed by atoms with van der Waals surface area (Å²) in [7, 11) is 0. The molecule has 0 aliphatic carbocycles. The largest absolute Gasteiger partial charge is 0.450 e. The molecule has 1 aromatic rings. The van der Waals surface area contributed by atoms with E-state index in [1.807, 2.05) is 37.3 Å². The summed E-state index contributed by atoms with van der Waals surface area (Å²) in [5, 5.41) is 5.92. The fraction of sp³-hybridized carbons (Fsp3) is 0.529. The molecule has 1 aromatic carbocycles. The molecule has 23 heavy (non-hydrogen) atoms. The number of nitrogens with one attached hydrogen (secondary N) is 2. The monoisotopic (exact) mass is 319 g/mol. The van der Waals surface area contributed by atoms with Crippen molar-refractivity contribution < 1.29 is 14.3 Å². The second-order valence-corrected chi connectivity index (χ2v) is 5.71. The molecule has 2 N–H and O–H groups in total. The summed E-state index contributed by atoms with van der Waals surface area (Å²) >= 11 is 0. The average Bonchev–Trinajstić information content (AvgIpc) is 2.56. The molecule has 0 aromatic heterocycles. The molecule has 0 spiro atoms. The van der Waals surface area contributed by atoms with Gasteiger partial charge in [0.2, 0.25) is 0 Å². The second-order valence-electron chi connectivity index (χ2n) is 5.71. The van der Waals surface area contributed by atoms with E-state index in [4.69, 9.17) is 4.74 Å². The highest BCUT2D eigenvalue weighted by molar-refractivity contribution is 5.74. The maximum Gasteiger partial charge on any atom is 0.409 e. The Hall–Kier alpha value is -2.24. The molecule has 1 aliphatic heterocycles. The first-order valence-electron chi connectivity index (χ1n) is 8.13. The summed E-state index contributed by atoms with van der Waals surface area (Å²) in [6, 6.07) is 9.71. The van der Waals surface area contributed by atoms with Crippen molar-refractivity contribution in [1.82, 2.24) is 15.5 Å². The van der Waals surface area contributed by atoms with Crippen molar-refractivity contribution >= 4 is 12.1 Å². The number of nitrogens with zero attached hydrogens (tertiary/aromatic N) is 1. The fourth-order valence-electron chi connectivity index (χ4n) is 2.67. The standard InChI is InChI=1S/C17H25N3O3/c1-3-23-17(22)20-11-9-15(10-12-20)19-16(21)18-13(2)14-7-5-4-6-8-14/h4-8,13,15H,3,9-12H2,1-2H3,(H2,18,19,21)/t13-/m0/s1. The molecule has 0 radical (unpaired) electrons. The van der Waals surface area contributed by atoms with Crippen molar-refractivity contribution in [2.24, 2.45) is 0 Å². The van der Waals surface area contributed by atoms with Crippen molar-refractivity contribution in [1.29, 1.82) is 0 Å². The minimum atomic E-state index is -0.270. The van der Waals surface area contributed by atoms with Gasteiger partial charge < -0.3 is 20.3 Å². The van der Waals surface area contributed by atoms with Crippen LogP contribution in [-0.4, -0.2) is 42.8 Å². The number of urea groups is 1. The Labute approximate surface area is 137 Å². The minimum absolute atomic E-state index is 0.0455. The Morgan fingerprint density at radius 2 is 1.91 bits per heavy atom. The number of ether oxygens (including phenoxy) is 1. The van der Waals surface area contributed by atoms with Gasteiger partial charge in [-0.05, 0) is 32.3 Å². The zero-order valence-electron chi connectivity index (χ0n) is 13.7. The fourth-order valence-corrected chi connectivity index (χ4v) is 2.67. The number of hydrogen-bond acceptors (Lipinski definition) is 3. The van der Waals surface area contributed by atoms with Crippen LogP contribution in [0.3, 0.4) is 0 Å².